The fourth-order valence-electron chi connectivity index (χ4n) is 3.61. The number of nitrogens with zero attached hydrogens (tertiary/aromatic N) is 2. The Morgan fingerprint density at radius 2 is 2.07 bits per heavy atom. The summed E-state index contributed by atoms with van der Waals surface area (Å²) >= 11 is 6.59. The van der Waals surface area contributed by atoms with E-state index in [4.69, 9.17) is 11.6 Å². The van der Waals surface area contributed by atoms with Gasteiger partial charge in [0.2, 0.25) is 11.3 Å². The molecule has 1 amide bonds. The third kappa shape index (κ3) is 3.46. The fraction of sp³-hybridized carbons (Fsp3) is 0.368. The lowest BCUT2D eigenvalue weighted by molar-refractivity contribution is -0.124. The first-order valence-electron chi connectivity index (χ1n) is 9.15. The van der Waals surface area contributed by atoms with Crippen molar-refractivity contribution in [2.24, 2.45) is 0 Å². The summed E-state index contributed by atoms with van der Waals surface area (Å²) in [5.41, 5.74) is -0.678. The topological polar surface area (TPSA) is 97.7 Å². The normalized spacial score (nSPS) is 17.0. The quantitative estimate of drug-likeness (QED) is 0.459. The number of halogens is 2. The van der Waals surface area contributed by atoms with Gasteiger partial charge in [-0.3, -0.25) is 14.4 Å². The lowest BCUT2D eigenvalue weighted by Gasteiger charge is -2.25. The largest absolute Gasteiger partial charge is 0.392 e. The summed E-state index contributed by atoms with van der Waals surface area (Å²) in [7, 11) is 0. The van der Waals surface area contributed by atoms with Crippen molar-refractivity contribution >= 4 is 46.5 Å². The molecule has 0 unspecified atom stereocenters. The number of benzene rings is 1. The molecule has 2 heterocycles. The second kappa shape index (κ2) is 7.47. The van der Waals surface area contributed by atoms with Gasteiger partial charge in [0.15, 0.2) is 0 Å². The molecule has 0 atom stereocenters. The molecule has 4 rings (SSSR count). The predicted octanol–water partition coefficient (Wildman–Crippen LogP) is 1.77. The van der Waals surface area contributed by atoms with Gasteiger partial charge in [0.05, 0.1) is 21.6 Å². The molecule has 1 aromatic carbocycles. The zero-order valence-corrected chi connectivity index (χ0v) is 16.0. The first-order valence-corrected chi connectivity index (χ1v) is 9.53. The molecule has 1 aliphatic heterocycles. The van der Waals surface area contributed by atoms with E-state index in [-0.39, 0.29) is 53.0 Å². The Morgan fingerprint density at radius 1 is 1.31 bits per heavy atom. The molecule has 2 aromatic rings. The molecule has 1 aromatic heterocycles. The number of carbonyl (C=O) groups is 3. The molecule has 29 heavy (non-hydrogen) atoms. The van der Waals surface area contributed by atoms with Crippen molar-refractivity contribution in [2.75, 3.05) is 24.5 Å². The van der Waals surface area contributed by atoms with E-state index >= 15 is 4.39 Å². The lowest BCUT2D eigenvalue weighted by Crippen LogP contribution is -2.29. The van der Waals surface area contributed by atoms with Gasteiger partial charge >= 0.3 is 12.4 Å². The van der Waals surface area contributed by atoms with Gasteiger partial charge in [-0.25, -0.2) is 9.18 Å². The number of aromatic nitrogens is 1. The van der Waals surface area contributed by atoms with Crippen LogP contribution < -0.4 is 15.6 Å². The number of carbonyl (C=O) groups excluding carboxylic acids is 3. The summed E-state index contributed by atoms with van der Waals surface area (Å²) in [6, 6.07) is 1.05. The minimum Gasteiger partial charge on any atom is -0.392 e. The number of hydrogen-bond acceptors (Lipinski definition) is 6. The Labute approximate surface area is 169 Å². The number of amides is 1. The van der Waals surface area contributed by atoms with Gasteiger partial charge in [0.25, 0.3) is 0 Å². The van der Waals surface area contributed by atoms with Gasteiger partial charge in [-0.2, -0.15) is 0 Å². The average molecular weight is 422 g/mol. The number of pyridine rings is 1. The number of ether oxygens (including phenoxy) is 1. The lowest BCUT2D eigenvalue weighted by atomic mass is 10.1. The van der Waals surface area contributed by atoms with E-state index in [0.29, 0.717) is 18.6 Å². The van der Waals surface area contributed by atoms with Crippen LogP contribution in [0.5, 0.6) is 0 Å². The SMILES string of the molecule is O=COC(=O)c1cn(C2CC2)c2c(Cl)c(N3CCNC(=O)CC3)c(F)cc2c1=O. The van der Waals surface area contributed by atoms with Crippen molar-refractivity contribution in [3.05, 3.63) is 38.9 Å². The molecule has 8 nitrogen and oxygen atoms in total. The number of fused-ring (bicyclic) bond motifs is 1. The number of nitrogens with one attached hydrogen (secondary N) is 1. The van der Waals surface area contributed by atoms with Crippen LogP contribution in [0.15, 0.2) is 17.1 Å². The van der Waals surface area contributed by atoms with Gasteiger partial charge in [-0.15, -0.1) is 0 Å². The van der Waals surface area contributed by atoms with Crippen LogP contribution in [-0.4, -0.2) is 42.6 Å². The van der Waals surface area contributed by atoms with Gasteiger partial charge < -0.3 is 19.5 Å². The summed E-state index contributed by atoms with van der Waals surface area (Å²) in [4.78, 5) is 48.6. The van der Waals surface area contributed by atoms with Crippen LogP contribution in [-0.2, 0) is 14.3 Å². The maximum atomic E-state index is 15.1. The molecule has 1 aliphatic carbocycles. The molecule has 0 spiro atoms. The molecule has 1 saturated heterocycles. The first kappa shape index (κ1) is 19.4. The van der Waals surface area contributed by atoms with Gasteiger partial charge in [-0.1, -0.05) is 11.6 Å². The highest BCUT2D eigenvalue weighted by molar-refractivity contribution is 6.38. The molecule has 1 N–H and O–H groups in total. The van der Waals surface area contributed by atoms with Gasteiger partial charge in [0, 0.05) is 38.3 Å². The minimum absolute atomic E-state index is 0.00377. The third-order valence-electron chi connectivity index (χ3n) is 5.13. The Bertz CT molecular complexity index is 1100. The van der Waals surface area contributed by atoms with E-state index in [1.807, 2.05) is 0 Å². The third-order valence-corrected chi connectivity index (χ3v) is 5.49. The standard InChI is InChI=1S/C19H17ClFN3O5/c20-15-16-11(7-13(21)17(15)23-5-3-14(26)22-4-6-23)18(27)12(19(28)29-9-25)8-24(16)10-1-2-10/h7-10H,1-6H2,(H,22,26). The maximum absolute atomic E-state index is 15.1. The smallest absolute Gasteiger partial charge is 0.351 e. The summed E-state index contributed by atoms with van der Waals surface area (Å²) < 4.78 is 21.0. The number of esters is 1. The van der Waals surface area contributed by atoms with Crippen molar-refractivity contribution in [1.82, 2.24) is 9.88 Å². The van der Waals surface area contributed by atoms with Crippen LogP contribution in [0, 0.1) is 5.82 Å². The Morgan fingerprint density at radius 3 is 2.76 bits per heavy atom. The molecule has 0 radical (unpaired) electrons. The zero-order valence-electron chi connectivity index (χ0n) is 15.2. The number of anilines is 1. The van der Waals surface area contributed by atoms with Crippen molar-refractivity contribution in [2.45, 2.75) is 25.3 Å². The highest BCUT2D eigenvalue weighted by atomic mass is 35.5. The summed E-state index contributed by atoms with van der Waals surface area (Å²) in [5, 5.41) is 2.71. The fourth-order valence-corrected chi connectivity index (χ4v) is 4.01. The average Bonchev–Trinajstić information content (AvgIpc) is 3.52. The maximum Gasteiger partial charge on any atom is 0.351 e. The predicted molar refractivity (Wildman–Crippen MR) is 103 cm³/mol. The van der Waals surface area contributed by atoms with E-state index in [2.05, 4.69) is 10.1 Å². The van der Waals surface area contributed by atoms with E-state index in [1.54, 1.807) is 9.47 Å². The van der Waals surface area contributed by atoms with Gasteiger partial charge in [-0.05, 0) is 18.9 Å². The second-order valence-electron chi connectivity index (χ2n) is 7.02. The van der Waals surface area contributed by atoms with Crippen LogP contribution in [0.3, 0.4) is 0 Å². The summed E-state index contributed by atoms with van der Waals surface area (Å²) in [6.45, 7) is 0.938. The van der Waals surface area contributed by atoms with Crippen LogP contribution in [0.25, 0.3) is 10.9 Å². The van der Waals surface area contributed by atoms with Crippen molar-refractivity contribution in [3.63, 3.8) is 0 Å². The highest BCUT2D eigenvalue weighted by Crippen LogP contribution is 2.42. The first-order chi connectivity index (χ1) is 13.9. The summed E-state index contributed by atoms with van der Waals surface area (Å²) in [6.07, 6.45) is 3.13. The van der Waals surface area contributed by atoms with E-state index in [1.165, 1.54) is 6.20 Å². The minimum atomic E-state index is -1.10. The number of rotatable bonds is 4. The molecule has 10 heteroatoms. The van der Waals surface area contributed by atoms with E-state index < -0.39 is 17.2 Å². The monoisotopic (exact) mass is 421 g/mol. The Balaban J connectivity index is 1.93. The molecule has 2 fully saturated rings. The second-order valence-corrected chi connectivity index (χ2v) is 7.39. The van der Waals surface area contributed by atoms with Crippen LogP contribution in [0.1, 0.15) is 35.7 Å². The van der Waals surface area contributed by atoms with Crippen molar-refractivity contribution < 1.29 is 23.5 Å². The molecule has 0 bridgehead atoms. The van der Waals surface area contributed by atoms with E-state index in [9.17, 15) is 19.2 Å². The number of hydrogen-bond donors (Lipinski definition) is 1. The van der Waals surface area contributed by atoms with Gasteiger partial charge in [0.1, 0.15) is 11.4 Å². The van der Waals surface area contributed by atoms with Crippen molar-refractivity contribution in [1.29, 1.82) is 0 Å². The van der Waals surface area contributed by atoms with Crippen molar-refractivity contribution in [3.8, 4) is 0 Å². The molecule has 2 aliphatic rings. The Kier molecular flexibility index (Phi) is 4.99. The molecular weight excluding hydrogens is 405 g/mol. The zero-order chi connectivity index (χ0) is 20.7. The Hall–Kier alpha value is -2.94. The molecular formula is C19H17ClFN3O5. The highest BCUT2D eigenvalue weighted by Gasteiger charge is 2.31. The van der Waals surface area contributed by atoms with Crippen LogP contribution in [0.4, 0.5) is 10.1 Å². The molecule has 152 valence electrons. The van der Waals surface area contributed by atoms with Crippen LogP contribution >= 0.6 is 11.6 Å². The summed E-state index contributed by atoms with van der Waals surface area (Å²) in [5.74, 6) is -1.95. The van der Waals surface area contributed by atoms with E-state index in [0.717, 1.165) is 18.9 Å². The molecule has 1 saturated carbocycles. The van der Waals surface area contributed by atoms with Crippen LogP contribution in [0.2, 0.25) is 5.02 Å².